The van der Waals surface area contributed by atoms with Crippen molar-refractivity contribution < 1.29 is 4.79 Å². The Kier molecular flexibility index (Phi) is 5.75. The number of anilines is 3. The fourth-order valence-electron chi connectivity index (χ4n) is 4.19. The SMILES string of the molecule is Cc1cc(C(=O)Nc2ccccc2N(C)Cc2ccccc2)c2c(c1)C(C)CCN2. The lowest BCUT2D eigenvalue weighted by Gasteiger charge is -2.27. The van der Waals surface area contributed by atoms with Crippen LogP contribution in [0.5, 0.6) is 0 Å². The number of carbonyl (C=O) groups is 1. The van der Waals surface area contributed by atoms with Crippen LogP contribution in [0, 0.1) is 6.92 Å². The molecule has 154 valence electrons. The third-order valence-corrected chi connectivity index (χ3v) is 5.79. The molecule has 30 heavy (non-hydrogen) atoms. The Hall–Kier alpha value is -3.27. The normalized spacial score (nSPS) is 15.1. The summed E-state index contributed by atoms with van der Waals surface area (Å²) in [5.41, 5.74) is 7.10. The first-order chi connectivity index (χ1) is 14.5. The molecule has 0 aromatic heterocycles. The monoisotopic (exact) mass is 399 g/mol. The number of fused-ring (bicyclic) bond motifs is 1. The molecule has 3 aromatic carbocycles. The van der Waals surface area contributed by atoms with E-state index in [0.29, 0.717) is 5.92 Å². The number of aryl methyl sites for hydroxylation is 1. The third kappa shape index (κ3) is 4.18. The summed E-state index contributed by atoms with van der Waals surface area (Å²) in [4.78, 5) is 15.5. The molecule has 0 radical (unpaired) electrons. The molecule has 0 saturated heterocycles. The molecule has 0 fully saturated rings. The van der Waals surface area contributed by atoms with Gasteiger partial charge in [-0.2, -0.15) is 0 Å². The lowest BCUT2D eigenvalue weighted by Crippen LogP contribution is -2.23. The number of nitrogens with one attached hydrogen (secondary N) is 2. The van der Waals surface area contributed by atoms with Gasteiger partial charge in [-0.25, -0.2) is 0 Å². The van der Waals surface area contributed by atoms with E-state index in [0.717, 1.165) is 47.7 Å². The molecule has 4 rings (SSSR count). The van der Waals surface area contributed by atoms with E-state index < -0.39 is 0 Å². The summed E-state index contributed by atoms with van der Waals surface area (Å²) in [5.74, 6) is 0.383. The maximum absolute atomic E-state index is 13.3. The summed E-state index contributed by atoms with van der Waals surface area (Å²) in [6.45, 7) is 5.95. The first kappa shape index (κ1) is 20.0. The van der Waals surface area contributed by atoms with Gasteiger partial charge in [0.2, 0.25) is 0 Å². The van der Waals surface area contributed by atoms with Crippen LogP contribution >= 0.6 is 0 Å². The topological polar surface area (TPSA) is 44.4 Å². The largest absolute Gasteiger partial charge is 0.384 e. The van der Waals surface area contributed by atoms with E-state index in [-0.39, 0.29) is 5.91 Å². The van der Waals surface area contributed by atoms with Gasteiger partial charge in [-0.05, 0) is 54.2 Å². The van der Waals surface area contributed by atoms with Crippen LogP contribution < -0.4 is 15.5 Å². The molecule has 1 unspecified atom stereocenters. The number of nitrogens with zero attached hydrogens (tertiary/aromatic N) is 1. The first-order valence-electron chi connectivity index (χ1n) is 10.6. The molecule has 0 saturated carbocycles. The fourth-order valence-corrected chi connectivity index (χ4v) is 4.19. The third-order valence-electron chi connectivity index (χ3n) is 5.79. The van der Waals surface area contributed by atoms with Crippen molar-refractivity contribution in [1.29, 1.82) is 0 Å². The maximum atomic E-state index is 13.3. The second kappa shape index (κ2) is 8.62. The quantitative estimate of drug-likeness (QED) is 0.570. The summed E-state index contributed by atoms with van der Waals surface area (Å²) in [6, 6.07) is 22.5. The maximum Gasteiger partial charge on any atom is 0.257 e. The lowest BCUT2D eigenvalue weighted by molar-refractivity contribution is 0.102. The van der Waals surface area contributed by atoms with Crippen molar-refractivity contribution in [3.05, 3.63) is 89.0 Å². The van der Waals surface area contributed by atoms with E-state index in [4.69, 9.17) is 0 Å². The Balaban J connectivity index is 1.61. The molecule has 4 nitrogen and oxygen atoms in total. The minimum atomic E-state index is -0.0721. The number of amides is 1. The summed E-state index contributed by atoms with van der Waals surface area (Å²) < 4.78 is 0. The molecule has 1 aliphatic rings. The average molecular weight is 400 g/mol. The first-order valence-corrected chi connectivity index (χ1v) is 10.6. The van der Waals surface area contributed by atoms with E-state index in [2.05, 4.69) is 54.6 Å². The molecule has 1 aliphatic heterocycles. The zero-order chi connectivity index (χ0) is 21.1. The van der Waals surface area contributed by atoms with E-state index >= 15 is 0 Å². The average Bonchev–Trinajstić information content (AvgIpc) is 2.75. The van der Waals surface area contributed by atoms with Crippen LogP contribution in [0.4, 0.5) is 17.1 Å². The van der Waals surface area contributed by atoms with Gasteiger partial charge in [0.15, 0.2) is 0 Å². The van der Waals surface area contributed by atoms with Crippen molar-refractivity contribution in [1.82, 2.24) is 0 Å². The second-order valence-electron chi connectivity index (χ2n) is 8.21. The van der Waals surface area contributed by atoms with Crippen LogP contribution in [0.15, 0.2) is 66.7 Å². The van der Waals surface area contributed by atoms with Gasteiger partial charge in [-0.3, -0.25) is 4.79 Å². The van der Waals surface area contributed by atoms with Gasteiger partial charge < -0.3 is 15.5 Å². The Morgan fingerprint density at radius 1 is 1.10 bits per heavy atom. The minimum Gasteiger partial charge on any atom is -0.384 e. The molecule has 0 bridgehead atoms. The number of hydrogen-bond donors (Lipinski definition) is 2. The molecule has 0 spiro atoms. The number of rotatable bonds is 5. The van der Waals surface area contributed by atoms with E-state index in [1.165, 1.54) is 11.1 Å². The summed E-state index contributed by atoms with van der Waals surface area (Å²) >= 11 is 0. The van der Waals surface area contributed by atoms with Crippen molar-refractivity contribution >= 4 is 23.0 Å². The Morgan fingerprint density at radius 2 is 1.83 bits per heavy atom. The number of hydrogen-bond acceptors (Lipinski definition) is 3. The zero-order valence-electron chi connectivity index (χ0n) is 17.9. The van der Waals surface area contributed by atoms with Crippen molar-refractivity contribution in [2.75, 3.05) is 29.1 Å². The van der Waals surface area contributed by atoms with Crippen LogP contribution in [0.25, 0.3) is 0 Å². The highest BCUT2D eigenvalue weighted by Gasteiger charge is 2.23. The smallest absolute Gasteiger partial charge is 0.257 e. The van der Waals surface area contributed by atoms with E-state index in [1.807, 2.05) is 48.5 Å². The highest BCUT2D eigenvalue weighted by atomic mass is 16.1. The number of carbonyl (C=O) groups excluding carboxylic acids is 1. The molecule has 2 N–H and O–H groups in total. The Labute approximate surface area is 178 Å². The van der Waals surface area contributed by atoms with Gasteiger partial charge in [0.25, 0.3) is 5.91 Å². The molecule has 1 atom stereocenters. The van der Waals surface area contributed by atoms with Crippen molar-refractivity contribution in [2.45, 2.75) is 32.7 Å². The van der Waals surface area contributed by atoms with Gasteiger partial charge in [-0.15, -0.1) is 0 Å². The summed E-state index contributed by atoms with van der Waals surface area (Å²) in [5, 5.41) is 6.62. The molecule has 3 aromatic rings. The molecule has 0 aliphatic carbocycles. The predicted molar refractivity (Wildman–Crippen MR) is 126 cm³/mol. The van der Waals surface area contributed by atoms with E-state index in [1.54, 1.807) is 0 Å². The van der Waals surface area contributed by atoms with Gasteiger partial charge in [-0.1, -0.05) is 55.5 Å². The van der Waals surface area contributed by atoms with Gasteiger partial charge >= 0.3 is 0 Å². The Morgan fingerprint density at radius 3 is 2.63 bits per heavy atom. The van der Waals surface area contributed by atoms with Crippen LogP contribution in [0.1, 0.15) is 46.3 Å². The molecular formula is C26H29N3O. The second-order valence-corrected chi connectivity index (χ2v) is 8.21. The van der Waals surface area contributed by atoms with Crippen molar-refractivity contribution in [3.8, 4) is 0 Å². The van der Waals surface area contributed by atoms with E-state index in [9.17, 15) is 4.79 Å². The summed E-state index contributed by atoms with van der Waals surface area (Å²) in [6.07, 6.45) is 1.09. The molecule has 4 heteroatoms. The van der Waals surface area contributed by atoms with Crippen LogP contribution in [0.3, 0.4) is 0 Å². The van der Waals surface area contributed by atoms with Crippen molar-refractivity contribution in [2.24, 2.45) is 0 Å². The zero-order valence-corrected chi connectivity index (χ0v) is 17.9. The highest BCUT2D eigenvalue weighted by molar-refractivity contribution is 6.10. The number of benzene rings is 3. The molecule has 1 heterocycles. The Bertz CT molecular complexity index is 1050. The fraction of sp³-hybridized carbons (Fsp3) is 0.269. The standard InChI is InChI=1S/C26H29N3O/c1-18-15-21-19(2)13-14-27-25(21)22(16-18)26(30)28-23-11-7-8-12-24(23)29(3)17-20-9-5-4-6-10-20/h4-12,15-16,19,27H,13-14,17H2,1-3H3,(H,28,30). The van der Waals surface area contributed by atoms with Crippen LogP contribution in [-0.4, -0.2) is 19.5 Å². The molecular weight excluding hydrogens is 370 g/mol. The predicted octanol–water partition coefficient (Wildman–Crippen LogP) is 5.80. The summed E-state index contributed by atoms with van der Waals surface area (Å²) in [7, 11) is 2.05. The van der Waals surface area contributed by atoms with Crippen LogP contribution in [0.2, 0.25) is 0 Å². The van der Waals surface area contributed by atoms with Crippen LogP contribution in [-0.2, 0) is 6.54 Å². The van der Waals surface area contributed by atoms with Gasteiger partial charge in [0.1, 0.15) is 0 Å². The molecule has 1 amide bonds. The van der Waals surface area contributed by atoms with Crippen molar-refractivity contribution in [3.63, 3.8) is 0 Å². The minimum absolute atomic E-state index is 0.0721. The van der Waals surface area contributed by atoms with Gasteiger partial charge in [0.05, 0.1) is 22.6 Å². The highest BCUT2D eigenvalue weighted by Crippen LogP contribution is 2.36. The number of para-hydroxylation sites is 2. The van der Waals surface area contributed by atoms with Gasteiger partial charge in [0, 0.05) is 20.1 Å². The lowest BCUT2D eigenvalue weighted by atomic mass is 9.89.